The summed E-state index contributed by atoms with van der Waals surface area (Å²) >= 11 is 0. The van der Waals surface area contributed by atoms with Gasteiger partial charge in [-0.1, -0.05) is 37.3 Å². The van der Waals surface area contributed by atoms with Crippen molar-refractivity contribution in [2.75, 3.05) is 13.7 Å². The second-order valence-electron chi connectivity index (χ2n) is 4.22. The molecule has 0 fully saturated rings. The van der Waals surface area contributed by atoms with Crippen LogP contribution in [0.5, 0.6) is 0 Å². The molecule has 90 valence electrons. The Morgan fingerprint density at radius 3 is 2.50 bits per heavy atom. The van der Waals surface area contributed by atoms with Crippen molar-refractivity contribution in [3.8, 4) is 0 Å². The molecule has 2 unspecified atom stereocenters. The average Bonchev–Trinajstić information content (AvgIpc) is 2.32. The number of ether oxygens (including phenoxy) is 1. The van der Waals surface area contributed by atoms with Gasteiger partial charge in [0.25, 0.3) is 0 Å². The Morgan fingerprint density at radius 2 is 1.94 bits per heavy atom. The molecule has 0 bridgehead atoms. The first-order valence-electron chi connectivity index (χ1n) is 6.09. The molecule has 2 heteroatoms. The molecule has 1 aromatic carbocycles. The van der Waals surface area contributed by atoms with Crippen molar-refractivity contribution < 1.29 is 4.74 Å². The minimum atomic E-state index is 0.238. The van der Waals surface area contributed by atoms with E-state index in [0.29, 0.717) is 5.92 Å². The minimum absolute atomic E-state index is 0.238. The molecule has 0 aromatic heterocycles. The lowest BCUT2D eigenvalue weighted by Gasteiger charge is -2.23. The van der Waals surface area contributed by atoms with Gasteiger partial charge >= 0.3 is 0 Å². The van der Waals surface area contributed by atoms with Crippen molar-refractivity contribution in [2.45, 2.75) is 38.1 Å². The van der Waals surface area contributed by atoms with E-state index in [1.54, 1.807) is 7.11 Å². The van der Waals surface area contributed by atoms with Gasteiger partial charge < -0.3 is 10.5 Å². The van der Waals surface area contributed by atoms with Crippen LogP contribution in [0.4, 0.5) is 0 Å². The molecule has 0 aliphatic heterocycles. The van der Waals surface area contributed by atoms with Crippen LogP contribution in [0.25, 0.3) is 0 Å². The molecule has 2 atom stereocenters. The maximum atomic E-state index is 6.25. The maximum Gasteiger partial charge on any atom is 0.0462 e. The molecule has 0 aliphatic rings. The van der Waals surface area contributed by atoms with Gasteiger partial charge in [0.15, 0.2) is 0 Å². The lowest BCUT2D eigenvalue weighted by molar-refractivity contribution is 0.189. The van der Waals surface area contributed by atoms with Crippen LogP contribution in [0, 0.1) is 0 Å². The quantitative estimate of drug-likeness (QED) is 0.718. The number of hydrogen-bond donors (Lipinski definition) is 1. The molecule has 0 heterocycles. The summed E-state index contributed by atoms with van der Waals surface area (Å²) in [6.07, 6.45) is 3.17. The average molecular weight is 221 g/mol. The highest BCUT2D eigenvalue weighted by molar-refractivity contribution is 5.20. The smallest absolute Gasteiger partial charge is 0.0462 e. The minimum Gasteiger partial charge on any atom is -0.385 e. The zero-order valence-corrected chi connectivity index (χ0v) is 10.4. The van der Waals surface area contributed by atoms with Crippen LogP contribution < -0.4 is 5.73 Å². The molecule has 16 heavy (non-hydrogen) atoms. The van der Waals surface area contributed by atoms with E-state index < -0.39 is 0 Å². The number of nitrogens with two attached hydrogens (primary N) is 1. The molecule has 0 saturated heterocycles. The maximum absolute atomic E-state index is 6.25. The molecule has 0 spiro atoms. The molecular weight excluding hydrogens is 198 g/mol. The van der Waals surface area contributed by atoms with Crippen LogP contribution in [0.1, 0.15) is 37.7 Å². The van der Waals surface area contributed by atoms with Gasteiger partial charge in [-0.25, -0.2) is 0 Å². The van der Waals surface area contributed by atoms with Gasteiger partial charge in [0, 0.05) is 19.8 Å². The lowest BCUT2D eigenvalue weighted by atomic mass is 9.87. The fourth-order valence-corrected chi connectivity index (χ4v) is 2.15. The molecular formula is C14H23NO. The van der Waals surface area contributed by atoms with Crippen LogP contribution in [-0.2, 0) is 4.74 Å². The van der Waals surface area contributed by atoms with Gasteiger partial charge in [0.2, 0.25) is 0 Å². The third kappa shape index (κ3) is 3.95. The Balaban J connectivity index is 2.53. The fourth-order valence-electron chi connectivity index (χ4n) is 2.15. The summed E-state index contributed by atoms with van der Waals surface area (Å²) in [5.41, 5.74) is 7.60. The number of benzene rings is 1. The van der Waals surface area contributed by atoms with Gasteiger partial charge in [-0.05, 0) is 30.7 Å². The Kier molecular flexibility index (Phi) is 6.12. The Labute approximate surface area is 98.8 Å². The van der Waals surface area contributed by atoms with Crippen molar-refractivity contribution in [1.29, 1.82) is 0 Å². The molecule has 1 aromatic rings. The first-order valence-corrected chi connectivity index (χ1v) is 6.09. The van der Waals surface area contributed by atoms with Gasteiger partial charge in [-0.15, -0.1) is 0 Å². The SMILES string of the molecule is CCC(c1ccccc1)C(N)CCCOC. The highest BCUT2D eigenvalue weighted by atomic mass is 16.5. The van der Waals surface area contributed by atoms with Gasteiger partial charge in [0.05, 0.1) is 0 Å². The van der Waals surface area contributed by atoms with Crippen LogP contribution in [0.3, 0.4) is 0 Å². The van der Waals surface area contributed by atoms with Crippen molar-refractivity contribution in [3.05, 3.63) is 35.9 Å². The van der Waals surface area contributed by atoms with Crippen LogP contribution in [0.2, 0.25) is 0 Å². The second kappa shape index (κ2) is 7.42. The normalized spacial score (nSPS) is 14.7. The zero-order valence-electron chi connectivity index (χ0n) is 10.4. The third-order valence-electron chi connectivity index (χ3n) is 3.07. The molecule has 2 nitrogen and oxygen atoms in total. The topological polar surface area (TPSA) is 35.2 Å². The van der Waals surface area contributed by atoms with E-state index in [2.05, 4.69) is 31.2 Å². The summed E-state index contributed by atoms with van der Waals surface area (Å²) in [6, 6.07) is 10.8. The Bertz CT molecular complexity index is 273. The monoisotopic (exact) mass is 221 g/mol. The summed E-state index contributed by atoms with van der Waals surface area (Å²) < 4.78 is 5.06. The number of methoxy groups -OCH3 is 1. The van der Waals surface area contributed by atoms with Crippen molar-refractivity contribution in [1.82, 2.24) is 0 Å². The van der Waals surface area contributed by atoms with Gasteiger partial charge in [-0.2, -0.15) is 0 Å². The Hall–Kier alpha value is -0.860. The van der Waals surface area contributed by atoms with E-state index >= 15 is 0 Å². The number of rotatable bonds is 7. The highest BCUT2D eigenvalue weighted by Crippen LogP contribution is 2.24. The molecule has 2 N–H and O–H groups in total. The largest absolute Gasteiger partial charge is 0.385 e. The summed E-state index contributed by atoms with van der Waals surface area (Å²) in [7, 11) is 1.74. The van der Waals surface area contributed by atoms with Gasteiger partial charge in [-0.3, -0.25) is 0 Å². The molecule has 0 aliphatic carbocycles. The summed E-state index contributed by atoms with van der Waals surface area (Å²) in [6.45, 7) is 3.01. The van der Waals surface area contributed by atoms with Gasteiger partial charge in [0.1, 0.15) is 0 Å². The molecule has 0 amide bonds. The second-order valence-corrected chi connectivity index (χ2v) is 4.22. The van der Waals surface area contributed by atoms with Crippen molar-refractivity contribution in [2.24, 2.45) is 5.73 Å². The predicted molar refractivity (Wildman–Crippen MR) is 68.6 cm³/mol. The summed E-state index contributed by atoms with van der Waals surface area (Å²) in [4.78, 5) is 0. The van der Waals surface area contributed by atoms with E-state index in [9.17, 15) is 0 Å². The van der Waals surface area contributed by atoms with Crippen molar-refractivity contribution >= 4 is 0 Å². The highest BCUT2D eigenvalue weighted by Gasteiger charge is 2.17. The van der Waals surface area contributed by atoms with Crippen LogP contribution in [-0.4, -0.2) is 19.8 Å². The van der Waals surface area contributed by atoms with E-state index in [0.717, 1.165) is 25.9 Å². The molecule has 0 saturated carbocycles. The summed E-state index contributed by atoms with van der Waals surface area (Å²) in [5, 5.41) is 0. The molecule has 0 radical (unpaired) electrons. The van der Waals surface area contributed by atoms with Crippen LogP contribution in [0.15, 0.2) is 30.3 Å². The van der Waals surface area contributed by atoms with E-state index in [1.807, 2.05) is 6.07 Å². The summed E-state index contributed by atoms with van der Waals surface area (Å²) in [5.74, 6) is 0.470. The first kappa shape index (κ1) is 13.2. The first-order chi connectivity index (χ1) is 7.79. The zero-order chi connectivity index (χ0) is 11.8. The fraction of sp³-hybridized carbons (Fsp3) is 0.571. The lowest BCUT2D eigenvalue weighted by Crippen LogP contribution is -2.28. The predicted octanol–water partition coefficient (Wildman–Crippen LogP) is 2.93. The van der Waals surface area contributed by atoms with Crippen molar-refractivity contribution in [3.63, 3.8) is 0 Å². The van der Waals surface area contributed by atoms with E-state index in [-0.39, 0.29) is 6.04 Å². The number of hydrogen-bond acceptors (Lipinski definition) is 2. The standard InChI is InChI=1S/C14H23NO/c1-3-13(12-8-5-4-6-9-12)14(15)10-7-11-16-2/h4-6,8-9,13-14H,3,7,10-11,15H2,1-2H3. The third-order valence-corrected chi connectivity index (χ3v) is 3.07. The Morgan fingerprint density at radius 1 is 1.25 bits per heavy atom. The molecule has 1 rings (SSSR count). The van der Waals surface area contributed by atoms with E-state index in [1.165, 1.54) is 5.56 Å². The van der Waals surface area contributed by atoms with Crippen LogP contribution >= 0.6 is 0 Å². The van der Waals surface area contributed by atoms with E-state index in [4.69, 9.17) is 10.5 Å².